The number of rotatable bonds is 14. The molecule has 0 heterocycles. The second kappa shape index (κ2) is 16.0. The van der Waals surface area contributed by atoms with Crippen molar-refractivity contribution in [3.63, 3.8) is 0 Å². The zero-order valence-electron chi connectivity index (χ0n) is 23.7. The van der Waals surface area contributed by atoms with Crippen molar-refractivity contribution >= 4 is 11.9 Å². The van der Waals surface area contributed by atoms with E-state index in [4.69, 9.17) is 9.47 Å². The molecule has 0 bridgehead atoms. The first kappa shape index (κ1) is 30.3. The highest BCUT2D eigenvalue weighted by molar-refractivity contribution is 5.78. The lowest BCUT2D eigenvalue weighted by Gasteiger charge is -2.27. The highest BCUT2D eigenvalue weighted by atomic mass is 16.6. The van der Waals surface area contributed by atoms with Crippen molar-refractivity contribution in [2.45, 2.75) is 129 Å². The van der Waals surface area contributed by atoms with Gasteiger partial charge in [0.25, 0.3) is 0 Å². The summed E-state index contributed by atoms with van der Waals surface area (Å²) < 4.78 is 10.9. The van der Waals surface area contributed by atoms with E-state index in [9.17, 15) is 19.8 Å². The molecule has 0 aliphatic heterocycles. The Labute approximate surface area is 229 Å². The van der Waals surface area contributed by atoms with E-state index in [1.807, 2.05) is 0 Å². The Morgan fingerprint density at radius 3 is 1.34 bits per heavy atom. The molecule has 0 radical (unpaired) electrons. The maximum Gasteiger partial charge on any atom is 0.314 e. The van der Waals surface area contributed by atoms with Gasteiger partial charge in [-0.15, -0.1) is 0 Å². The van der Waals surface area contributed by atoms with Crippen LogP contribution in [0.15, 0.2) is 12.1 Å². The van der Waals surface area contributed by atoms with Crippen molar-refractivity contribution in [1.29, 1.82) is 0 Å². The lowest BCUT2D eigenvalue weighted by molar-refractivity contribution is -0.141. The van der Waals surface area contributed by atoms with Crippen LogP contribution in [-0.2, 0) is 9.59 Å². The highest BCUT2D eigenvalue weighted by Gasteiger charge is 2.30. The van der Waals surface area contributed by atoms with Gasteiger partial charge in [-0.3, -0.25) is 9.59 Å². The van der Waals surface area contributed by atoms with Crippen LogP contribution in [0.2, 0.25) is 0 Å². The molecule has 0 spiro atoms. The summed E-state index contributed by atoms with van der Waals surface area (Å²) in [6.07, 6.45) is 19.9. The zero-order valence-corrected chi connectivity index (χ0v) is 23.7. The van der Waals surface area contributed by atoms with Crippen molar-refractivity contribution in [2.24, 2.45) is 23.7 Å². The number of carbonyl (C=O) groups is 2. The van der Waals surface area contributed by atoms with Gasteiger partial charge in [-0.2, -0.15) is 0 Å². The van der Waals surface area contributed by atoms with Crippen molar-refractivity contribution in [1.82, 2.24) is 0 Å². The Bertz CT molecular complexity index is 793. The zero-order chi connectivity index (χ0) is 27.3. The van der Waals surface area contributed by atoms with Gasteiger partial charge in [-0.05, 0) is 63.2 Å². The third kappa shape index (κ3) is 9.50. The van der Waals surface area contributed by atoms with Crippen LogP contribution < -0.4 is 9.47 Å². The third-order valence-electron chi connectivity index (χ3n) is 8.75. The van der Waals surface area contributed by atoms with E-state index >= 15 is 0 Å². The van der Waals surface area contributed by atoms with E-state index in [0.717, 1.165) is 51.4 Å². The molecule has 38 heavy (non-hydrogen) atoms. The van der Waals surface area contributed by atoms with Crippen LogP contribution in [0.1, 0.15) is 129 Å². The van der Waals surface area contributed by atoms with Gasteiger partial charge in [0.2, 0.25) is 0 Å². The summed E-state index contributed by atoms with van der Waals surface area (Å²) in [6.45, 7) is 4.44. The predicted octanol–water partition coefficient (Wildman–Crippen LogP) is 8.46. The third-order valence-corrected chi connectivity index (χ3v) is 8.75. The summed E-state index contributed by atoms with van der Waals surface area (Å²) in [5.41, 5.74) is 0. The summed E-state index contributed by atoms with van der Waals surface area (Å²) in [6, 6.07) is 2.34. The average molecular weight is 531 g/mol. The van der Waals surface area contributed by atoms with Crippen molar-refractivity contribution in [2.75, 3.05) is 0 Å². The molecular weight excluding hydrogens is 480 g/mol. The second-order valence-electron chi connectivity index (χ2n) is 11.8. The van der Waals surface area contributed by atoms with Crippen LogP contribution in [0, 0.1) is 23.7 Å². The number of aromatic hydroxyl groups is 2. The van der Waals surface area contributed by atoms with Gasteiger partial charge in [0.15, 0.2) is 23.0 Å². The summed E-state index contributed by atoms with van der Waals surface area (Å²) in [4.78, 5) is 25.5. The monoisotopic (exact) mass is 530 g/mol. The van der Waals surface area contributed by atoms with Crippen LogP contribution >= 0.6 is 0 Å². The van der Waals surface area contributed by atoms with Gasteiger partial charge in [0.1, 0.15) is 0 Å². The summed E-state index contributed by atoms with van der Waals surface area (Å²) in [5, 5.41) is 20.9. The summed E-state index contributed by atoms with van der Waals surface area (Å²) >= 11 is 0. The first-order valence-electron chi connectivity index (χ1n) is 15.4. The van der Waals surface area contributed by atoms with Gasteiger partial charge in [-0.25, -0.2) is 0 Å². The molecule has 0 aromatic heterocycles. The minimum Gasteiger partial charge on any atom is -0.504 e. The van der Waals surface area contributed by atoms with Crippen molar-refractivity contribution in [3.05, 3.63) is 12.1 Å². The van der Waals surface area contributed by atoms with Crippen LogP contribution in [0.25, 0.3) is 0 Å². The topological polar surface area (TPSA) is 93.1 Å². The SMILES string of the molecule is CCCCCCC1CCC(C(=O)Oc2cc(O)c(OC(=O)C3CCC(CCCCCC)CC3)cc2O)CC1. The van der Waals surface area contributed by atoms with Crippen molar-refractivity contribution < 1.29 is 29.3 Å². The maximum atomic E-state index is 12.7. The quantitative estimate of drug-likeness (QED) is 0.108. The summed E-state index contributed by atoms with van der Waals surface area (Å²) in [5.74, 6) is -0.605. The lowest BCUT2D eigenvalue weighted by Crippen LogP contribution is -2.26. The Morgan fingerprint density at radius 2 is 1.00 bits per heavy atom. The first-order chi connectivity index (χ1) is 18.4. The standard InChI is InChI=1S/C32H50O6/c1-3-5-7-9-11-23-13-17-25(18-14-23)31(35)37-29-21-28(34)30(22-27(29)33)38-32(36)26-19-15-24(16-20-26)12-10-8-6-4-2/h21-26,33-34H,3-20H2,1-2H3. The molecule has 0 atom stereocenters. The lowest BCUT2D eigenvalue weighted by atomic mass is 9.80. The Hall–Kier alpha value is -2.24. The predicted molar refractivity (Wildman–Crippen MR) is 149 cm³/mol. The van der Waals surface area contributed by atoms with Crippen LogP contribution in [0.5, 0.6) is 23.0 Å². The smallest absolute Gasteiger partial charge is 0.314 e. The number of esters is 2. The number of hydrogen-bond acceptors (Lipinski definition) is 6. The van der Waals surface area contributed by atoms with Crippen LogP contribution in [-0.4, -0.2) is 22.2 Å². The van der Waals surface area contributed by atoms with E-state index in [1.165, 1.54) is 76.3 Å². The first-order valence-corrected chi connectivity index (χ1v) is 15.4. The second-order valence-corrected chi connectivity index (χ2v) is 11.8. The van der Waals surface area contributed by atoms with Gasteiger partial charge in [-0.1, -0.05) is 78.1 Å². The summed E-state index contributed by atoms with van der Waals surface area (Å²) in [7, 11) is 0. The van der Waals surface area contributed by atoms with E-state index in [1.54, 1.807) is 0 Å². The van der Waals surface area contributed by atoms with Crippen LogP contribution in [0.4, 0.5) is 0 Å². The number of phenols is 2. The van der Waals surface area contributed by atoms with E-state index in [-0.39, 0.29) is 46.8 Å². The number of unbranched alkanes of at least 4 members (excludes halogenated alkanes) is 6. The van der Waals surface area contributed by atoms with Gasteiger partial charge < -0.3 is 19.7 Å². The van der Waals surface area contributed by atoms with Crippen LogP contribution in [0.3, 0.4) is 0 Å². The fourth-order valence-electron chi connectivity index (χ4n) is 6.18. The minimum atomic E-state index is -0.375. The molecule has 6 nitrogen and oxygen atoms in total. The molecule has 6 heteroatoms. The molecule has 214 valence electrons. The molecule has 1 aromatic rings. The fraction of sp³-hybridized carbons (Fsp3) is 0.750. The Balaban J connectivity index is 1.43. The number of phenolic OH excluding ortho intramolecular Hbond substituents is 2. The molecular formula is C32H50O6. The average Bonchev–Trinajstić information content (AvgIpc) is 2.92. The molecule has 2 fully saturated rings. The maximum absolute atomic E-state index is 12.7. The van der Waals surface area contributed by atoms with Gasteiger partial charge in [0, 0.05) is 12.1 Å². The molecule has 2 aliphatic rings. The molecule has 1 aromatic carbocycles. The highest BCUT2D eigenvalue weighted by Crippen LogP contribution is 2.41. The normalized spacial score (nSPS) is 23.6. The molecule has 0 saturated heterocycles. The molecule has 2 saturated carbocycles. The Kier molecular flexibility index (Phi) is 12.8. The largest absolute Gasteiger partial charge is 0.504 e. The van der Waals surface area contributed by atoms with E-state index in [0.29, 0.717) is 11.8 Å². The van der Waals surface area contributed by atoms with E-state index < -0.39 is 0 Å². The van der Waals surface area contributed by atoms with Crippen molar-refractivity contribution in [3.8, 4) is 23.0 Å². The fourth-order valence-corrected chi connectivity index (χ4v) is 6.18. The number of benzene rings is 1. The minimum absolute atomic E-state index is 0.0995. The number of ether oxygens (including phenoxy) is 2. The Morgan fingerprint density at radius 1 is 0.632 bits per heavy atom. The molecule has 0 amide bonds. The molecule has 3 rings (SSSR count). The molecule has 2 N–H and O–H groups in total. The number of carbonyl (C=O) groups excluding carboxylic acids is 2. The van der Waals surface area contributed by atoms with E-state index in [2.05, 4.69) is 13.8 Å². The molecule has 2 aliphatic carbocycles. The molecule has 0 unspecified atom stereocenters. The van der Waals surface area contributed by atoms with Gasteiger partial charge >= 0.3 is 11.9 Å². The number of hydrogen-bond donors (Lipinski definition) is 2. The van der Waals surface area contributed by atoms with Gasteiger partial charge in [0.05, 0.1) is 11.8 Å².